The topological polar surface area (TPSA) is 98.2 Å². The molecule has 0 spiro atoms. The summed E-state index contributed by atoms with van der Waals surface area (Å²) in [6.07, 6.45) is 4.47. The highest BCUT2D eigenvalue weighted by atomic mass is 16.5. The molecule has 0 bridgehead atoms. The number of ether oxygens (including phenoxy) is 2. The second-order valence-electron chi connectivity index (χ2n) is 12.4. The lowest BCUT2D eigenvalue weighted by Gasteiger charge is -2.40. The van der Waals surface area contributed by atoms with Gasteiger partial charge in [0.2, 0.25) is 0 Å². The van der Waals surface area contributed by atoms with Gasteiger partial charge >= 0.3 is 0 Å². The maximum atomic E-state index is 13.2. The molecular formula is C35H39N3O6. The molecule has 1 unspecified atom stereocenters. The molecule has 1 saturated heterocycles. The van der Waals surface area contributed by atoms with E-state index in [0.717, 1.165) is 65.2 Å². The summed E-state index contributed by atoms with van der Waals surface area (Å²) in [5, 5.41) is 0. The van der Waals surface area contributed by atoms with Crippen LogP contribution in [0, 0.1) is 12.8 Å². The highest BCUT2D eigenvalue weighted by Gasteiger charge is 2.39. The van der Waals surface area contributed by atoms with Crippen molar-refractivity contribution in [2.24, 2.45) is 13.0 Å². The number of aromatic nitrogens is 1. The molecule has 230 valence electrons. The summed E-state index contributed by atoms with van der Waals surface area (Å²) in [7, 11) is 5.09. The summed E-state index contributed by atoms with van der Waals surface area (Å²) in [4.78, 5) is 53.5. The normalized spacial score (nSPS) is 18.9. The number of nitrogens with zero attached hydrogens (tertiary/aromatic N) is 3. The van der Waals surface area contributed by atoms with Gasteiger partial charge in [0.15, 0.2) is 5.78 Å². The molecule has 9 nitrogen and oxygen atoms in total. The average Bonchev–Trinajstić information content (AvgIpc) is 3.31. The number of carbonyl (C=O) groups excluding carboxylic acids is 3. The van der Waals surface area contributed by atoms with Gasteiger partial charge < -0.3 is 18.9 Å². The van der Waals surface area contributed by atoms with Gasteiger partial charge in [-0.05, 0) is 78.6 Å². The lowest BCUT2D eigenvalue weighted by molar-refractivity contribution is -0.133. The van der Waals surface area contributed by atoms with E-state index in [1.165, 1.54) is 0 Å². The van der Waals surface area contributed by atoms with E-state index in [-0.39, 0.29) is 29.5 Å². The molecule has 44 heavy (non-hydrogen) atoms. The van der Waals surface area contributed by atoms with Gasteiger partial charge in [0.05, 0.1) is 32.2 Å². The van der Waals surface area contributed by atoms with Crippen molar-refractivity contribution in [3.05, 3.63) is 80.8 Å². The molecule has 2 fully saturated rings. The second-order valence-corrected chi connectivity index (χ2v) is 12.4. The first-order valence-electron chi connectivity index (χ1n) is 15.3. The molecule has 3 aromatic rings. The Hall–Kier alpha value is -4.24. The largest absolute Gasteiger partial charge is 0.496 e. The fraction of sp³-hybridized carbons (Fsp3) is 0.429. The molecule has 1 atom stereocenters. The second kappa shape index (κ2) is 12.0. The van der Waals surface area contributed by atoms with Crippen LogP contribution in [0.5, 0.6) is 11.5 Å². The summed E-state index contributed by atoms with van der Waals surface area (Å²) in [6, 6.07) is 11.5. The van der Waals surface area contributed by atoms with E-state index in [0.29, 0.717) is 43.0 Å². The first-order valence-corrected chi connectivity index (χ1v) is 15.3. The molecule has 9 heteroatoms. The Bertz CT molecular complexity index is 1650. The fourth-order valence-corrected chi connectivity index (χ4v) is 6.89. The number of ketones is 2. The minimum Gasteiger partial charge on any atom is -0.496 e. The van der Waals surface area contributed by atoms with E-state index in [1.54, 1.807) is 30.7 Å². The zero-order chi connectivity index (χ0) is 31.1. The smallest absolute Gasteiger partial charge is 0.255 e. The molecule has 3 heterocycles. The van der Waals surface area contributed by atoms with Gasteiger partial charge in [-0.15, -0.1) is 0 Å². The van der Waals surface area contributed by atoms with Gasteiger partial charge in [0.1, 0.15) is 17.3 Å². The first kappa shape index (κ1) is 29.8. The maximum Gasteiger partial charge on any atom is 0.255 e. The van der Waals surface area contributed by atoms with Crippen LogP contribution in [0.25, 0.3) is 11.1 Å². The number of aryl methyl sites for hydroxylation is 3. The third-order valence-electron chi connectivity index (χ3n) is 9.38. The molecule has 1 saturated carbocycles. The minimum atomic E-state index is -0.483. The summed E-state index contributed by atoms with van der Waals surface area (Å²) in [5.41, 5.74) is 6.31. The first-order chi connectivity index (χ1) is 21.1. The molecule has 0 N–H and O–H groups in total. The van der Waals surface area contributed by atoms with Crippen molar-refractivity contribution < 1.29 is 23.9 Å². The standard InChI is InChI=1S/C35H39N3O6/c1-21-11-26(18-36(2)34(21)41)25-13-32(43-3)29(33(14-25)44-4)20-37-16-23(17-37)6-5-22-7-8-24-19-38(35(42)28(24)12-22)30-10-9-27(39)15-31(30)40/h7-8,11-14,18,23,30H,5-6,9-10,15-17,19-20H2,1-4H3. The zero-order valence-corrected chi connectivity index (χ0v) is 25.9. The SMILES string of the molecule is COc1cc(-c2cc(C)c(=O)n(C)c2)cc(OC)c1CN1CC(CCc2ccc3c(c2)C(=O)N(C2CCC(=O)CC2=O)C3)C1. The number of amides is 1. The third kappa shape index (κ3) is 5.68. The molecule has 2 aliphatic heterocycles. The van der Waals surface area contributed by atoms with Gasteiger partial charge in [0.25, 0.3) is 11.5 Å². The Morgan fingerprint density at radius 3 is 2.32 bits per heavy atom. The van der Waals surface area contributed by atoms with Crippen LogP contribution in [-0.2, 0) is 36.1 Å². The predicted octanol–water partition coefficient (Wildman–Crippen LogP) is 4.09. The number of hydrogen-bond donors (Lipinski definition) is 0. The van der Waals surface area contributed by atoms with E-state index < -0.39 is 6.04 Å². The highest BCUT2D eigenvalue weighted by molar-refractivity contribution is 6.07. The third-order valence-corrected chi connectivity index (χ3v) is 9.38. The summed E-state index contributed by atoms with van der Waals surface area (Å²) < 4.78 is 13.2. The summed E-state index contributed by atoms with van der Waals surface area (Å²) in [6.45, 7) is 4.90. The monoisotopic (exact) mass is 597 g/mol. The average molecular weight is 598 g/mol. The van der Waals surface area contributed by atoms with Gasteiger partial charge in [-0.25, -0.2) is 0 Å². The molecule has 6 rings (SSSR count). The van der Waals surface area contributed by atoms with Crippen molar-refractivity contribution in [2.75, 3.05) is 27.3 Å². The van der Waals surface area contributed by atoms with E-state index >= 15 is 0 Å². The fourth-order valence-electron chi connectivity index (χ4n) is 6.89. The number of rotatable bonds is 9. The van der Waals surface area contributed by atoms with Crippen LogP contribution in [0.1, 0.15) is 58.3 Å². The minimum absolute atomic E-state index is 0.0139. The van der Waals surface area contributed by atoms with Gasteiger partial charge in [-0.3, -0.25) is 24.1 Å². The maximum absolute atomic E-state index is 13.2. The summed E-state index contributed by atoms with van der Waals surface area (Å²) >= 11 is 0. The molecule has 3 aliphatic rings. The van der Waals surface area contributed by atoms with Crippen LogP contribution in [-0.4, -0.2) is 65.2 Å². The van der Waals surface area contributed by atoms with Crippen LogP contribution < -0.4 is 15.0 Å². The zero-order valence-electron chi connectivity index (χ0n) is 25.9. The molecular weight excluding hydrogens is 558 g/mol. The Morgan fingerprint density at radius 1 is 0.932 bits per heavy atom. The van der Waals surface area contributed by atoms with Crippen molar-refractivity contribution in [3.8, 4) is 22.6 Å². The quantitative estimate of drug-likeness (QED) is 0.343. The molecule has 1 aliphatic carbocycles. The van der Waals surface area contributed by atoms with Crippen molar-refractivity contribution in [3.63, 3.8) is 0 Å². The Morgan fingerprint density at radius 2 is 1.66 bits per heavy atom. The number of likely N-dealkylation sites (tertiary alicyclic amines) is 1. The molecule has 2 aromatic carbocycles. The van der Waals surface area contributed by atoms with E-state index in [1.807, 2.05) is 43.5 Å². The number of fused-ring (bicyclic) bond motifs is 1. The van der Waals surface area contributed by atoms with E-state index in [2.05, 4.69) is 11.0 Å². The Labute approximate surface area is 257 Å². The molecule has 0 radical (unpaired) electrons. The van der Waals surface area contributed by atoms with Crippen LogP contribution in [0.3, 0.4) is 0 Å². The Balaban J connectivity index is 1.06. The van der Waals surface area contributed by atoms with Gasteiger partial charge in [-0.2, -0.15) is 0 Å². The van der Waals surface area contributed by atoms with Crippen LogP contribution in [0.15, 0.2) is 47.4 Å². The van der Waals surface area contributed by atoms with Crippen molar-refractivity contribution >= 4 is 17.5 Å². The lowest BCUT2D eigenvalue weighted by Crippen LogP contribution is -2.46. The molecule has 1 amide bonds. The summed E-state index contributed by atoms with van der Waals surface area (Å²) in [5.74, 6) is 1.81. The number of hydrogen-bond acceptors (Lipinski definition) is 7. The van der Waals surface area contributed by atoms with Crippen molar-refractivity contribution in [1.82, 2.24) is 14.4 Å². The van der Waals surface area contributed by atoms with Gasteiger partial charge in [0, 0.05) is 57.0 Å². The number of carbonyl (C=O) groups is 3. The highest BCUT2D eigenvalue weighted by Crippen LogP contribution is 2.38. The lowest BCUT2D eigenvalue weighted by atomic mass is 9.91. The van der Waals surface area contributed by atoms with E-state index in [4.69, 9.17) is 9.47 Å². The number of methoxy groups -OCH3 is 2. The van der Waals surface area contributed by atoms with Gasteiger partial charge in [-0.1, -0.05) is 12.1 Å². The number of pyridine rings is 1. The number of benzene rings is 2. The van der Waals surface area contributed by atoms with Crippen molar-refractivity contribution in [2.45, 2.75) is 58.2 Å². The van der Waals surface area contributed by atoms with Crippen LogP contribution in [0.4, 0.5) is 0 Å². The van der Waals surface area contributed by atoms with Crippen molar-refractivity contribution in [1.29, 1.82) is 0 Å². The van der Waals surface area contributed by atoms with Crippen LogP contribution >= 0.6 is 0 Å². The molecule has 1 aromatic heterocycles. The van der Waals surface area contributed by atoms with E-state index in [9.17, 15) is 19.2 Å². The number of Topliss-reactive ketones (excluding diaryl/α,β-unsaturated/α-hetero) is 2. The predicted molar refractivity (Wildman–Crippen MR) is 166 cm³/mol. The van der Waals surface area contributed by atoms with Crippen LogP contribution in [0.2, 0.25) is 0 Å². The Kier molecular flexibility index (Phi) is 8.16.